The molecule has 1 aromatic carbocycles. The molecule has 0 amide bonds. The molecule has 0 aliphatic heterocycles. The molecule has 0 bridgehead atoms. The summed E-state index contributed by atoms with van der Waals surface area (Å²) in [5.74, 6) is 5.52. The van der Waals surface area contributed by atoms with Crippen molar-refractivity contribution >= 4 is 0 Å². The fraction of sp³-hybridized carbons (Fsp3) is 0.538. The highest BCUT2D eigenvalue weighted by molar-refractivity contribution is 5.30. The van der Waals surface area contributed by atoms with E-state index in [-0.39, 0.29) is 0 Å². The predicted molar refractivity (Wildman–Crippen MR) is 65.6 cm³/mol. The molecule has 0 aliphatic rings. The topological polar surface area (TPSA) is 38.0 Å². The van der Waals surface area contributed by atoms with Crippen molar-refractivity contribution in [2.24, 2.45) is 5.84 Å². The molecular formula is C13H22N2. The number of aryl methyl sites for hydroxylation is 2. The van der Waals surface area contributed by atoms with E-state index in [9.17, 15) is 0 Å². The summed E-state index contributed by atoms with van der Waals surface area (Å²) in [7, 11) is 0. The average Bonchev–Trinajstić information content (AvgIpc) is 2.23. The maximum absolute atomic E-state index is 5.52. The number of benzene rings is 1. The second-order valence-corrected chi connectivity index (χ2v) is 4.28. The van der Waals surface area contributed by atoms with Crippen LogP contribution >= 0.6 is 0 Å². The van der Waals surface area contributed by atoms with Crippen molar-refractivity contribution < 1.29 is 0 Å². The summed E-state index contributed by atoms with van der Waals surface area (Å²) in [5, 5.41) is 0. The van der Waals surface area contributed by atoms with E-state index in [0.717, 1.165) is 12.8 Å². The van der Waals surface area contributed by atoms with E-state index in [4.69, 9.17) is 5.84 Å². The summed E-state index contributed by atoms with van der Waals surface area (Å²) in [6, 6.07) is 7.04. The molecule has 0 saturated heterocycles. The average molecular weight is 206 g/mol. The second kappa shape index (κ2) is 5.89. The van der Waals surface area contributed by atoms with Crippen LogP contribution in [-0.2, 0) is 6.42 Å². The zero-order valence-electron chi connectivity index (χ0n) is 10.0. The van der Waals surface area contributed by atoms with Crippen LogP contribution in [0.25, 0.3) is 0 Å². The molecule has 2 nitrogen and oxygen atoms in total. The molecule has 0 saturated carbocycles. The fourth-order valence-corrected chi connectivity index (χ4v) is 1.81. The number of nitrogens with two attached hydrogens (primary N) is 1. The first-order valence-corrected chi connectivity index (χ1v) is 5.69. The van der Waals surface area contributed by atoms with Crippen molar-refractivity contribution in [3.8, 4) is 0 Å². The van der Waals surface area contributed by atoms with Gasteiger partial charge in [0.1, 0.15) is 0 Å². The number of hydrogen-bond donors (Lipinski definition) is 2. The van der Waals surface area contributed by atoms with Gasteiger partial charge in [0.15, 0.2) is 0 Å². The van der Waals surface area contributed by atoms with Gasteiger partial charge in [-0.1, -0.05) is 31.5 Å². The first kappa shape index (κ1) is 12.2. The molecule has 0 aromatic heterocycles. The highest BCUT2D eigenvalue weighted by Crippen LogP contribution is 2.12. The Morgan fingerprint density at radius 3 is 2.53 bits per heavy atom. The summed E-state index contributed by atoms with van der Waals surface area (Å²) in [5.41, 5.74) is 6.97. The smallest absolute Gasteiger partial charge is 0.0250 e. The zero-order chi connectivity index (χ0) is 11.3. The minimum atomic E-state index is 0.400. The van der Waals surface area contributed by atoms with Gasteiger partial charge in [-0.2, -0.15) is 0 Å². The number of rotatable bonds is 5. The van der Waals surface area contributed by atoms with Gasteiger partial charge in [-0.05, 0) is 43.4 Å². The lowest BCUT2D eigenvalue weighted by Gasteiger charge is -2.15. The Morgan fingerprint density at radius 1 is 1.27 bits per heavy atom. The lowest BCUT2D eigenvalue weighted by atomic mass is 9.99. The van der Waals surface area contributed by atoms with Gasteiger partial charge in [-0.15, -0.1) is 0 Å². The lowest BCUT2D eigenvalue weighted by molar-refractivity contribution is 0.486. The van der Waals surface area contributed by atoms with Gasteiger partial charge in [0, 0.05) is 6.04 Å². The van der Waals surface area contributed by atoms with Crippen LogP contribution in [0.5, 0.6) is 0 Å². The Bertz CT molecular complexity index is 307. The second-order valence-electron chi connectivity index (χ2n) is 4.28. The van der Waals surface area contributed by atoms with Crippen molar-refractivity contribution in [3.63, 3.8) is 0 Å². The Balaban J connectivity index is 2.66. The van der Waals surface area contributed by atoms with Gasteiger partial charge < -0.3 is 0 Å². The van der Waals surface area contributed by atoms with Crippen molar-refractivity contribution in [1.29, 1.82) is 0 Å². The molecule has 15 heavy (non-hydrogen) atoms. The van der Waals surface area contributed by atoms with Crippen LogP contribution < -0.4 is 11.3 Å². The van der Waals surface area contributed by atoms with Gasteiger partial charge in [-0.3, -0.25) is 11.3 Å². The van der Waals surface area contributed by atoms with Crippen LogP contribution in [0.3, 0.4) is 0 Å². The predicted octanol–water partition coefficient (Wildman–Crippen LogP) is 2.48. The van der Waals surface area contributed by atoms with Crippen LogP contribution in [-0.4, -0.2) is 6.04 Å². The highest BCUT2D eigenvalue weighted by atomic mass is 15.2. The summed E-state index contributed by atoms with van der Waals surface area (Å²) in [6.45, 7) is 6.48. The molecule has 0 heterocycles. The Hall–Kier alpha value is -0.860. The van der Waals surface area contributed by atoms with Crippen molar-refractivity contribution in [1.82, 2.24) is 5.43 Å². The molecule has 1 unspecified atom stereocenters. The van der Waals surface area contributed by atoms with Crippen molar-refractivity contribution in [3.05, 3.63) is 34.9 Å². The normalized spacial score (nSPS) is 12.8. The highest BCUT2D eigenvalue weighted by Gasteiger charge is 2.06. The largest absolute Gasteiger partial charge is 0.271 e. The molecule has 1 atom stereocenters. The van der Waals surface area contributed by atoms with E-state index < -0.39 is 0 Å². The molecule has 0 fully saturated rings. The zero-order valence-corrected chi connectivity index (χ0v) is 10.0. The molecule has 3 N–H and O–H groups in total. The Morgan fingerprint density at radius 2 is 2.00 bits per heavy atom. The van der Waals surface area contributed by atoms with E-state index in [2.05, 4.69) is 44.4 Å². The lowest BCUT2D eigenvalue weighted by Crippen LogP contribution is -2.36. The van der Waals surface area contributed by atoms with Crippen LogP contribution in [0.15, 0.2) is 18.2 Å². The molecule has 0 spiro atoms. The third-order valence-electron chi connectivity index (χ3n) is 2.93. The minimum Gasteiger partial charge on any atom is -0.271 e. The summed E-state index contributed by atoms with van der Waals surface area (Å²) < 4.78 is 0. The first-order valence-electron chi connectivity index (χ1n) is 5.69. The third kappa shape index (κ3) is 3.65. The van der Waals surface area contributed by atoms with Gasteiger partial charge in [-0.25, -0.2) is 0 Å². The van der Waals surface area contributed by atoms with Gasteiger partial charge in [0.2, 0.25) is 0 Å². The molecule has 0 radical (unpaired) electrons. The molecular weight excluding hydrogens is 184 g/mol. The molecule has 0 aliphatic carbocycles. The summed E-state index contributed by atoms with van der Waals surface area (Å²) in [6.07, 6.45) is 3.31. The van der Waals surface area contributed by atoms with Gasteiger partial charge in [0.05, 0.1) is 0 Å². The summed E-state index contributed by atoms with van der Waals surface area (Å²) >= 11 is 0. The van der Waals surface area contributed by atoms with Crippen LogP contribution in [0.1, 0.15) is 36.5 Å². The van der Waals surface area contributed by atoms with Gasteiger partial charge in [0.25, 0.3) is 0 Å². The van der Waals surface area contributed by atoms with Crippen molar-refractivity contribution in [2.45, 2.75) is 46.1 Å². The Kier molecular flexibility index (Phi) is 4.79. The molecule has 1 rings (SSSR count). The molecule has 1 aromatic rings. The van der Waals surface area contributed by atoms with E-state index in [1.807, 2.05) is 0 Å². The monoisotopic (exact) mass is 206 g/mol. The number of hydrazine groups is 1. The van der Waals surface area contributed by atoms with Crippen LogP contribution in [0.2, 0.25) is 0 Å². The van der Waals surface area contributed by atoms with E-state index in [1.54, 1.807) is 0 Å². The summed E-state index contributed by atoms with van der Waals surface area (Å²) in [4.78, 5) is 0. The standard InChI is InChI=1S/C13H22N2/c1-4-5-13(15-14)9-12-7-6-10(2)11(3)8-12/h6-8,13,15H,4-5,9,14H2,1-3H3. The quantitative estimate of drug-likeness (QED) is 0.574. The SMILES string of the molecule is CCCC(Cc1ccc(C)c(C)c1)NN. The Labute approximate surface area is 92.8 Å². The first-order chi connectivity index (χ1) is 7.17. The van der Waals surface area contributed by atoms with E-state index in [1.165, 1.54) is 23.1 Å². The van der Waals surface area contributed by atoms with E-state index >= 15 is 0 Å². The van der Waals surface area contributed by atoms with Crippen LogP contribution in [0.4, 0.5) is 0 Å². The van der Waals surface area contributed by atoms with Crippen LogP contribution in [0, 0.1) is 13.8 Å². The van der Waals surface area contributed by atoms with Crippen molar-refractivity contribution in [2.75, 3.05) is 0 Å². The van der Waals surface area contributed by atoms with E-state index in [0.29, 0.717) is 6.04 Å². The molecule has 2 heteroatoms. The maximum Gasteiger partial charge on any atom is 0.0250 e. The third-order valence-corrected chi connectivity index (χ3v) is 2.93. The maximum atomic E-state index is 5.52. The van der Waals surface area contributed by atoms with Gasteiger partial charge >= 0.3 is 0 Å². The number of hydrogen-bond acceptors (Lipinski definition) is 2. The molecule has 84 valence electrons. The minimum absolute atomic E-state index is 0.400. The number of nitrogens with one attached hydrogen (secondary N) is 1. The fourth-order valence-electron chi connectivity index (χ4n) is 1.81.